The molecule has 0 aromatic carbocycles. The molecule has 0 radical (unpaired) electrons. The highest BCUT2D eigenvalue weighted by Gasteiger charge is 2.28. The molecule has 1 saturated heterocycles. The zero-order chi connectivity index (χ0) is 17.1. The standard InChI is InChI=1S/C18H22N6O/c19-9-3-13-25-18-6-1-4-14(21-18)15-5-2-11-23(15)16-8-12-24-17(22-16)7-10-20-24/h1,4,6-8,10,12,15H,2-3,5,9,11,13,19H2/t15-/m1/s1. The maximum Gasteiger partial charge on any atom is 0.213 e. The van der Waals surface area contributed by atoms with Crippen LogP contribution in [0.5, 0.6) is 5.88 Å². The predicted octanol–water partition coefficient (Wildman–Crippen LogP) is 2.19. The smallest absolute Gasteiger partial charge is 0.213 e. The van der Waals surface area contributed by atoms with Crippen molar-refractivity contribution in [3.05, 3.63) is 48.4 Å². The maximum absolute atomic E-state index is 5.70. The van der Waals surface area contributed by atoms with Gasteiger partial charge in [-0.1, -0.05) is 6.07 Å². The first-order valence-electron chi connectivity index (χ1n) is 8.72. The third-order valence-corrected chi connectivity index (χ3v) is 4.48. The van der Waals surface area contributed by atoms with Crippen LogP contribution >= 0.6 is 0 Å². The van der Waals surface area contributed by atoms with E-state index in [1.54, 1.807) is 10.7 Å². The van der Waals surface area contributed by atoms with Crippen molar-refractivity contribution in [1.29, 1.82) is 0 Å². The predicted molar refractivity (Wildman–Crippen MR) is 95.7 cm³/mol. The van der Waals surface area contributed by atoms with Gasteiger partial charge in [0.15, 0.2) is 5.65 Å². The quantitative estimate of drug-likeness (QED) is 0.694. The lowest BCUT2D eigenvalue weighted by atomic mass is 10.1. The number of nitrogens with two attached hydrogens (primary N) is 1. The summed E-state index contributed by atoms with van der Waals surface area (Å²) in [5.74, 6) is 1.63. The summed E-state index contributed by atoms with van der Waals surface area (Å²) in [7, 11) is 0. The van der Waals surface area contributed by atoms with Crippen LogP contribution in [-0.4, -0.2) is 39.3 Å². The van der Waals surface area contributed by atoms with E-state index in [-0.39, 0.29) is 6.04 Å². The molecule has 1 atom stereocenters. The van der Waals surface area contributed by atoms with Crippen LogP contribution in [0.3, 0.4) is 0 Å². The van der Waals surface area contributed by atoms with E-state index >= 15 is 0 Å². The number of fused-ring (bicyclic) bond motifs is 1. The van der Waals surface area contributed by atoms with Crippen LogP contribution in [0.15, 0.2) is 42.7 Å². The molecule has 3 aromatic heterocycles. The first-order chi connectivity index (χ1) is 12.3. The number of hydrogen-bond acceptors (Lipinski definition) is 6. The van der Waals surface area contributed by atoms with E-state index in [2.05, 4.69) is 16.1 Å². The zero-order valence-electron chi connectivity index (χ0n) is 14.1. The topological polar surface area (TPSA) is 81.6 Å². The Morgan fingerprint density at radius 1 is 1.20 bits per heavy atom. The van der Waals surface area contributed by atoms with Crippen molar-refractivity contribution in [1.82, 2.24) is 19.6 Å². The highest BCUT2D eigenvalue weighted by atomic mass is 16.5. The van der Waals surface area contributed by atoms with Gasteiger partial charge >= 0.3 is 0 Å². The minimum Gasteiger partial charge on any atom is -0.478 e. The molecule has 0 saturated carbocycles. The van der Waals surface area contributed by atoms with E-state index in [1.165, 1.54) is 0 Å². The summed E-state index contributed by atoms with van der Waals surface area (Å²) in [4.78, 5) is 11.8. The summed E-state index contributed by atoms with van der Waals surface area (Å²) in [6.07, 6.45) is 6.73. The van der Waals surface area contributed by atoms with E-state index < -0.39 is 0 Å². The lowest BCUT2D eigenvalue weighted by Crippen LogP contribution is -2.24. The van der Waals surface area contributed by atoms with Crippen LogP contribution in [0.1, 0.15) is 31.0 Å². The van der Waals surface area contributed by atoms with Gasteiger partial charge in [-0.3, -0.25) is 0 Å². The second-order valence-corrected chi connectivity index (χ2v) is 6.16. The zero-order valence-corrected chi connectivity index (χ0v) is 14.1. The van der Waals surface area contributed by atoms with Crippen molar-refractivity contribution >= 4 is 11.5 Å². The molecule has 0 aliphatic carbocycles. The van der Waals surface area contributed by atoms with Crippen LogP contribution in [0.2, 0.25) is 0 Å². The number of rotatable bonds is 6. The molecule has 7 nitrogen and oxygen atoms in total. The van der Waals surface area contributed by atoms with Gasteiger partial charge in [0.1, 0.15) is 5.82 Å². The van der Waals surface area contributed by atoms with Crippen molar-refractivity contribution in [3.63, 3.8) is 0 Å². The van der Waals surface area contributed by atoms with Crippen LogP contribution < -0.4 is 15.4 Å². The number of pyridine rings is 1. The van der Waals surface area contributed by atoms with Crippen LogP contribution in [0.4, 0.5) is 5.82 Å². The fourth-order valence-electron chi connectivity index (χ4n) is 3.27. The molecule has 4 heterocycles. The van der Waals surface area contributed by atoms with Gasteiger partial charge in [0.2, 0.25) is 5.88 Å². The molecule has 1 aliphatic heterocycles. The summed E-state index contributed by atoms with van der Waals surface area (Å²) in [6, 6.07) is 10.1. The van der Waals surface area contributed by atoms with Gasteiger partial charge < -0.3 is 15.4 Å². The second kappa shape index (κ2) is 7.06. The molecule has 1 fully saturated rings. The lowest BCUT2D eigenvalue weighted by molar-refractivity contribution is 0.300. The molecule has 7 heteroatoms. The molecular weight excluding hydrogens is 316 g/mol. The van der Waals surface area contributed by atoms with Gasteiger partial charge in [-0.05, 0) is 37.9 Å². The number of nitrogens with zero attached hydrogens (tertiary/aromatic N) is 5. The summed E-state index contributed by atoms with van der Waals surface area (Å²) in [6.45, 7) is 2.20. The van der Waals surface area contributed by atoms with E-state index in [9.17, 15) is 0 Å². The third-order valence-electron chi connectivity index (χ3n) is 4.48. The number of hydrogen-bond donors (Lipinski definition) is 1. The maximum atomic E-state index is 5.70. The van der Waals surface area contributed by atoms with Crippen molar-refractivity contribution < 1.29 is 4.74 Å². The van der Waals surface area contributed by atoms with Crippen molar-refractivity contribution in [2.45, 2.75) is 25.3 Å². The fraction of sp³-hybridized carbons (Fsp3) is 0.389. The van der Waals surface area contributed by atoms with Gasteiger partial charge in [0.05, 0.1) is 24.5 Å². The van der Waals surface area contributed by atoms with Crippen LogP contribution in [-0.2, 0) is 0 Å². The Morgan fingerprint density at radius 3 is 3.08 bits per heavy atom. The molecule has 0 unspecified atom stereocenters. The molecule has 2 N–H and O–H groups in total. The molecule has 0 spiro atoms. The first kappa shape index (κ1) is 15.8. The Bertz CT molecular complexity index is 848. The van der Waals surface area contributed by atoms with Crippen molar-refractivity contribution in [2.24, 2.45) is 5.73 Å². The van der Waals surface area contributed by atoms with Crippen LogP contribution in [0.25, 0.3) is 5.65 Å². The van der Waals surface area contributed by atoms with E-state index in [1.807, 2.05) is 30.5 Å². The summed E-state index contributed by atoms with van der Waals surface area (Å²) < 4.78 is 7.47. The Labute approximate surface area is 146 Å². The van der Waals surface area contributed by atoms with Crippen molar-refractivity contribution in [3.8, 4) is 5.88 Å². The monoisotopic (exact) mass is 338 g/mol. The Morgan fingerprint density at radius 2 is 2.16 bits per heavy atom. The molecule has 4 rings (SSSR count). The first-order valence-corrected chi connectivity index (χ1v) is 8.72. The molecule has 130 valence electrons. The molecule has 1 aliphatic rings. The molecule has 0 amide bonds. The number of aromatic nitrogens is 4. The van der Waals surface area contributed by atoms with Gasteiger partial charge in [-0.15, -0.1) is 0 Å². The molecular formula is C18H22N6O. The highest BCUT2D eigenvalue weighted by Crippen LogP contribution is 2.35. The second-order valence-electron chi connectivity index (χ2n) is 6.16. The summed E-state index contributed by atoms with van der Waals surface area (Å²) >= 11 is 0. The van der Waals surface area contributed by atoms with Crippen LogP contribution in [0, 0.1) is 0 Å². The van der Waals surface area contributed by atoms with Gasteiger partial charge in [-0.2, -0.15) is 5.10 Å². The van der Waals surface area contributed by atoms with E-state index in [0.717, 1.165) is 43.0 Å². The largest absolute Gasteiger partial charge is 0.478 e. The minimum absolute atomic E-state index is 0.218. The van der Waals surface area contributed by atoms with Gasteiger partial charge in [-0.25, -0.2) is 14.5 Å². The van der Waals surface area contributed by atoms with E-state index in [4.69, 9.17) is 20.4 Å². The fourth-order valence-corrected chi connectivity index (χ4v) is 3.27. The molecule has 0 bridgehead atoms. The molecule has 25 heavy (non-hydrogen) atoms. The molecule has 3 aromatic rings. The Balaban J connectivity index is 1.57. The van der Waals surface area contributed by atoms with Gasteiger partial charge in [0.25, 0.3) is 0 Å². The average Bonchev–Trinajstić information content (AvgIpc) is 3.31. The summed E-state index contributed by atoms with van der Waals surface area (Å²) in [5.41, 5.74) is 7.40. The Hall–Kier alpha value is -2.67. The normalized spacial score (nSPS) is 17.3. The lowest BCUT2D eigenvalue weighted by Gasteiger charge is -2.25. The number of anilines is 1. The third kappa shape index (κ3) is 3.28. The Kier molecular flexibility index (Phi) is 4.47. The van der Waals surface area contributed by atoms with Crippen molar-refractivity contribution in [2.75, 3.05) is 24.6 Å². The van der Waals surface area contributed by atoms with E-state index in [0.29, 0.717) is 19.0 Å². The number of ether oxygens (including phenoxy) is 1. The SMILES string of the molecule is NCCCOc1cccc([C@H]2CCCN2c2ccn3nccc3n2)n1. The van der Waals surface area contributed by atoms with Gasteiger partial charge in [0, 0.05) is 24.9 Å². The highest BCUT2D eigenvalue weighted by molar-refractivity contribution is 5.49. The average molecular weight is 338 g/mol. The summed E-state index contributed by atoms with van der Waals surface area (Å²) in [5, 5.41) is 4.21. The minimum atomic E-state index is 0.218.